The highest BCUT2D eigenvalue weighted by Gasteiger charge is 2.65. The Labute approximate surface area is 64.8 Å². The van der Waals surface area contributed by atoms with Gasteiger partial charge in [0.2, 0.25) is 0 Å². The van der Waals surface area contributed by atoms with Crippen LogP contribution in [-0.2, 0) is 0 Å². The number of thioether (sulfide) groups is 1. The minimum Gasteiger partial charge on any atom is -0.374 e. The van der Waals surface area contributed by atoms with E-state index in [1.54, 1.807) is 11.8 Å². The Morgan fingerprint density at radius 3 is 2.80 bits per heavy atom. The van der Waals surface area contributed by atoms with Crippen molar-refractivity contribution in [2.24, 2.45) is 0 Å². The van der Waals surface area contributed by atoms with Gasteiger partial charge in [0, 0.05) is 0 Å². The molecule has 1 N–H and O–H groups in total. The summed E-state index contributed by atoms with van der Waals surface area (Å²) in [5, 5.41) is 9.71. The van der Waals surface area contributed by atoms with Crippen molar-refractivity contribution in [3.8, 4) is 0 Å². The molecule has 2 aliphatic rings. The number of aliphatic hydroxyl groups is 1. The van der Waals surface area contributed by atoms with E-state index in [0.717, 1.165) is 0 Å². The van der Waals surface area contributed by atoms with Crippen LogP contribution in [0.5, 0.6) is 0 Å². The summed E-state index contributed by atoms with van der Waals surface area (Å²) in [6.07, 6.45) is 5.86. The fourth-order valence-corrected chi connectivity index (χ4v) is 2.50. The van der Waals surface area contributed by atoms with Crippen LogP contribution in [0.2, 0.25) is 0 Å². The first-order valence-electron chi connectivity index (χ1n) is 3.38. The number of allylic oxidation sites excluding steroid dienone is 2. The van der Waals surface area contributed by atoms with Crippen LogP contribution in [0, 0.1) is 0 Å². The molecule has 1 heterocycles. The summed E-state index contributed by atoms with van der Waals surface area (Å²) in [6, 6.07) is 0. The van der Waals surface area contributed by atoms with Crippen LogP contribution in [0.1, 0.15) is 13.8 Å². The zero-order chi connectivity index (χ0) is 7.41. The van der Waals surface area contributed by atoms with Gasteiger partial charge >= 0.3 is 0 Å². The first-order chi connectivity index (χ1) is 4.58. The molecule has 0 amide bonds. The van der Waals surface area contributed by atoms with Crippen LogP contribution < -0.4 is 0 Å². The SMILES string of the molecule is CC1=CC=CC2(O)SC12C. The molecular formula is C8H10OS. The standard InChI is InChI=1S/C8H10OS/c1-6-4-3-5-8(9)7(6,2)10-8/h3-5,9H,1-2H3. The van der Waals surface area contributed by atoms with E-state index in [-0.39, 0.29) is 4.75 Å². The molecule has 0 radical (unpaired) electrons. The van der Waals surface area contributed by atoms with E-state index < -0.39 is 4.93 Å². The van der Waals surface area contributed by atoms with Gasteiger partial charge < -0.3 is 5.11 Å². The maximum absolute atomic E-state index is 9.71. The highest BCUT2D eigenvalue weighted by molar-refractivity contribution is 8.09. The smallest absolute Gasteiger partial charge is 0.148 e. The van der Waals surface area contributed by atoms with Crippen LogP contribution in [0.15, 0.2) is 23.8 Å². The van der Waals surface area contributed by atoms with Gasteiger partial charge in [0.25, 0.3) is 0 Å². The van der Waals surface area contributed by atoms with Gasteiger partial charge in [-0.2, -0.15) is 0 Å². The lowest BCUT2D eigenvalue weighted by atomic mass is 9.92. The van der Waals surface area contributed by atoms with Crippen LogP contribution in [0.25, 0.3) is 0 Å². The molecular weight excluding hydrogens is 144 g/mol. The van der Waals surface area contributed by atoms with Crippen molar-refractivity contribution in [1.82, 2.24) is 0 Å². The molecule has 2 atom stereocenters. The topological polar surface area (TPSA) is 20.2 Å². The molecule has 2 unspecified atom stereocenters. The Hall–Kier alpha value is -0.210. The third kappa shape index (κ3) is 0.540. The molecule has 0 spiro atoms. The molecule has 1 aliphatic carbocycles. The van der Waals surface area contributed by atoms with Crippen molar-refractivity contribution in [2.45, 2.75) is 23.5 Å². The van der Waals surface area contributed by atoms with E-state index in [0.29, 0.717) is 0 Å². The molecule has 0 bridgehead atoms. The largest absolute Gasteiger partial charge is 0.374 e. The Bertz CT molecular complexity index is 244. The summed E-state index contributed by atoms with van der Waals surface area (Å²) in [4.78, 5) is -0.578. The maximum atomic E-state index is 9.71. The fourth-order valence-electron chi connectivity index (χ4n) is 1.32. The fraction of sp³-hybridized carbons (Fsp3) is 0.500. The highest BCUT2D eigenvalue weighted by atomic mass is 32.2. The molecule has 0 aromatic heterocycles. The van der Waals surface area contributed by atoms with Crippen molar-refractivity contribution in [3.63, 3.8) is 0 Å². The van der Waals surface area contributed by atoms with Gasteiger partial charge in [0.05, 0.1) is 4.75 Å². The van der Waals surface area contributed by atoms with Crippen LogP contribution in [0.3, 0.4) is 0 Å². The minimum atomic E-state index is -0.578. The van der Waals surface area contributed by atoms with Crippen molar-refractivity contribution >= 4 is 11.8 Å². The molecule has 1 nitrogen and oxygen atoms in total. The molecule has 0 aromatic rings. The predicted octanol–water partition coefficient (Wildman–Crippen LogP) is 1.70. The zero-order valence-corrected chi connectivity index (χ0v) is 6.90. The van der Waals surface area contributed by atoms with E-state index in [9.17, 15) is 5.11 Å². The number of fused-ring (bicyclic) bond motifs is 1. The van der Waals surface area contributed by atoms with Crippen LogP contribution in [-0.4, -0.2) is 14.8 Å². The van der Waals surface area contributed by atoms with Crippen molar-refractivity contribution in [1.29, 1.82) is 0 Å². The van der Waals surface area contributed by atoms with Gasteiger partial charge in [-0.1, -0.05) is 17.7 Å². The number of hydrogen-bond donors (Lipinski definition) is 1. The first-order valence-corrected chi connectivity index (χ1v) is 4.19. The predicted molar refractivity (Wildman–Crippen MR) is 43.8 cm³/mol. The zero-order valence-electron chi connectivity index (χ0n) is 6.09. The quantitative estimate of drug-likeness (QED) is 0.536. The summed E-state index contributed by atoms with van der Waals surface area (Å²) in [7, 11) is 0. The Kier molecular flexibility index (Phi) is 0.982. The highest BCUT2D eigenvalue weighted by Crippen LogP contribution is 2.67. The molecule has 54 valence electrons. The molecule has 0 aromatic carbocycles. The average Bonchev–Trinajstić information content (AvgIpc) is 2.38. The summed E-state index contributed by atoms with van der Waals surface area (Å²) in [5.74, 6) is 0. The monoisotopic (exact) mass is 154 g/mol. The van der Waals surface area contributed by atoms with Gasteiger partial charge in [-0.15, -0.1) is 11.8 Å². The second-order valence-corrected chi connectivity index (χ2v) is 4.68. The molecule has 1 saturated heterocycles. The summed E-state index contributed by atoms with van der Waals surface area (Å²) >= 11 is 1.61. The van der Waals surface area contributed by atoms with Crippen LogP contribution >= 0.6 is 11.8 Å². The van der Waals surface area contributed by atoms with Crippen molar-refractivity contribution < 1.29 is 5.11 Å². The Morgan fingerprint density at radius 2 is 2.30 bits per heavy atom. The van der Waals surface area contributed by atoms with Gasteiger partial charge in [-0.3, -0.25) is 0 Å². The Balaban J connectivity index is 2.44. The van der Waals surface area contributed by atoms with E-state index in [1.807, 2.05) is 12.2 Å². The minimum absolute atomic E-state index is 0.0122. The van der Waals surface area contributed by atoms with E-state index in [2.05, 4.69) is 19.9 Å². The number of hydrogen-bond acceptors (Lipinski definition) is 2. The summed E-state index contributed by atoms with van der Waals surface area (Å²) in [5.41, 5.74) is 1.27. The third-order valence-corrected chi connectivity index (χ3v) is 4.12. The van der Waals surface area contributed by atoms with Crippen molar-refractivity contribution in [3.05, 3.63) is 23.8 Å². The summed E-state index contributed by atoms with van der Waals surface area (Å²) in [6.45, 7) is 4.14. The van der Waals surface area contributed by atoms with Crippen molar-refractivity contribution in [2.75, 3.05) is 0 Å². The van der Waals surface area contributed by atoms with Gasteiger partial charge in [0.15, 0.2) is 0 Å². The normalized spacial score (nSPS) is 50.1. The molecule has 1 aliphatic heterocycles. The van der Waals surface area contributed by atoms with E-state index in [4.69, 9.17) is 0 Å². The summed E-state index contributed by atoms with van der Waals surface area (Å²) < 4.78 is -0.0122. The lowest BCUT2D eigenvalue weighted by molar-refractivity contribution is 0.200. The van der Waals surface area contributed by atoms with E-state index in [1.165, 1.54) is 5.57 Å². The van der Waals surface area contributed by atoms with Gasteiger partial charge in [-0.05, 0) is 19.9 Å². The maximum Gasteiger partial charge on any atom is 0.148 e. The molecule has 2 heteroatoms. The van der Waals surface area contributed by atoms with Gasteiger partial charge in [0.1, 0.15) is 4.93 Å². The second-order valence-electron chi connectivity index (χ2n) is 3.04. The number of rotatable bonds is 0. The molecule has 2 rings (SSSR count). The van der Waals surface area contributed by atoms with Crippen LogP contribution in [0.4, 0.5) is 0 Å². The van der Waals surface area contributed by atoms with Gasteiger partial charge in [-0.25, -0.2) is 0 Å². The van der Waals surface area contributed by atoms with E-state index >= 15 is 0 Å². The second kappa shape index (κ2) is 1.51. The first kappa shape index (κ1) is 6.50. The molecule has 10 heavy (non-hydrogen) atoms. The molecule has 0 saturated carbocycles. The molecule has 1 fully saturated rings. The average molecular weight is 154 g/mol. The lowest BCUT2D eigenvalue weighted by Crippen LogP contribution is -2.23. The third-order valence-electron chi connectivity index (χ3n) is 2.42. The lowest BCUT2D eigenvalue weighted by Gasteiger charge is -2.15. The Morgan fingerprint density at radius 1 is 1.60 bits per heavy atom.